The van der Waals surface area contributed by atoms with Gasteiger partial charge in [0.15, 0.2) is 11.5 Å². The number of methoxy groups -OCH3 is 2. The minimum Gasteiger partial charge on any atom is -0.493 e. The van der Waals surface area contributed by atoms with E-state index in [9.17, 15) is 4.79 Å². The van der Waals surface area contributed by atoms with E-state index in [0.29, 0.717) is 40.4 Å². The zero-order chi connectivity index (χ0) is 19.4. The highest BCUT2D eigenvalue weighted by molar-refractivity contribution is 7.99. The number of ether oxygens (including phenoxy) is 2. The van der Waals surface area contributed by atoms with Crippen LogP contribution >= 0.6 is 35.0 Å². The molecule has 0 bridgehead atoms. The molecule has 0 N–H and O–H groups in total. The Kier molecular flexibility index (Phi) is 6.79. The highest BCUT2D eigenvalue weighted by Crippen LogP contribution is 2.33. The molecule has 1 amide bonds. The van der Waals surface area contributed by atoms with Gasteiger partial charge < -0.3 is 14.4 Å². The summed E-state index contributed by atoms with van der Waals surface area (Å²) in [5.74, 6) is 2.65. The van der Waals surface area contributed by atoms with E-state index in [0.717, 1.165) is 23.3 Å². The van der Waals surface area contributed by atoms with Gasteiger partial charge >= 0.3 is 0 Å². The second kappa shape index (κ2) is 9.09. The third-order valence-electron chi connectivity index (χ3n) is 4.57. The van der Waals surface area contributed by atoms with E-state index in [2.05, 4.69) is 0 Å². The lowest BCUT2D eigenvalue weighted by Gasteiger charge is -2.29. The van der Waals surface area contributed by atoms with Crippen molar-refractivity contribution < 1.29 is 14.3 Å². The SMILES string of the molecule is COc1cc2c(cc1OC)CN(C(=O)CSCc1ccc(Cl)cc1Cl)CC2. The Hall–Kier alpha value is -1.56. The van der Waals surface area contributed by atoms with E-state index < -0.39 is 0 Å². The standard InChI is InChI=1S/C20H21Cl2NO3S/c1-25-18-7-13-5-6-23(10-15(13)8-19(18)26-2)20(24)12-27-11-14-3-4-16(21)9-17(14)22/h3-4,7-9H,5-6,10-12H2,1-2H3. The van der Waals surface area contributed by atoms with Gasteiger partial charge in [0.25, 0.3) is 0 Å². The minimum atomic E-state index is 0.130. The van der Waals surface area contributed by atoms with Crippen molar-refractivity contribution in [1.82, 2.24) is 4.90 Å². The van der Waals surface area contributed by atoms with Gasteiger partial charge in [0.1, 0.15) is 0 Å². The molecule has 1 heterocycles. The number of rotatable bonds is 6. The average Bonchev–Trinajstić information content (AvgIpc) is 2.67. The summed E-state index contributed by atoms with van der Waals surface area (Å²) in [6, 6.07) is 9.42. The van der Waals surface area contributed by atoms with Crippen LogP contribution in [0.4, 0.5) is 0 Å². The molecule has 0 saturated carbocycles. The van der Waals surface area contributed by atoms with Crippen LogP contribution in [0.5, 0.6) is 11.5 Å². The maximum Gasteiger partial charge on any atom is 0.232 e. The summed E-state index contributed by atoms with van der Waals surface area (Å²) in [4.78, 5) is 14.5. The van der Waals surface area contributed by atoms with Gasteiger partial charge in [0.05, 0.1) is 20.0 Å². The number of hydrogen-bond acceptors (Lipinski definition) is 4. The summed E-state index contributed by atoms with van der Waals surface area (Å²) in [6.07, 6.45) is 0.815. The first-order chi connectivity index (χ1) is 13.0. The molecule has 0 aromatic heterocycles. The molecular weight excluding hydrogens is 405 g/mol. The molecule has 0 saturated heterocycles. The Morgan fingerprint density at radius 3 is 2.48 bits per heavy atom. The molecule has 7 heteroatoms. The Morgan fingerprint density at radius 1 is 1.11 bits per heavy atom. The fraction of sp³-hybridized carbons (Fsp3) is 0.350. The molecule has 2 aromatic carbocycles. The summed E-state index contributed by atoms with van der Waals surface area (Å²) in [7, 11) is 3.25. The number of carbonyl (C=O) groups excluding carboxylic acids is 1. The lowest BCUT2D eigenvalue weighted by atomic mass is 9.99. The largest absolute Gasteiger partial charge is 0.493 e. The fourth-order valence-electron chi connectivity index (χ4n) is 3.07. The normalized spacial score (nSPS) is 13.3. The minimum absolute atomic E-state index is 0.130. The van der Waals surface area contributed by atoms with Gasteiger partial charge in [-0.25, -0.2) is 0 Å². The second-order valence-electron chi connectivity index (χ2n) is 6.27. The second-order valence-corrected chi connectivity index (χ2v) is 8.10. The van der Waals surface area contributed by atoms with Crippen molar-refractivity contribution in [1.29, 1.82) is 0 Å². The zero-order valence-corrected chi connectivity index (χ0v) is 17.6. The van der Waals surface area contributed by atoms with Crippen molar-refractivity contribution in [2.75, 3.05) is 26.5 Å². The molecule has 2 aromatic rings. The van der Waals surface area contributed by atoms with Gasteiger partial charge in [-0.3, -0.25) is 4.79 Å². The first-order valence-electron chi connectivity index (χ1n) is 8.55. The van der Waals surface area contributed by atoms with E-state index in [-0.39, 0.29) is 5.91 Å². The molecular formula is C20H21Cl2NO3S. The molecule has 0 unspecified atom stereocenters. The summed E-state index contributed by atoms with van der Waals surface area (Å²) in [6.45, 7) is 1.31. The van der Waals surface area contributed by atoms with Crippen LogP contribution in [0.25, 0.3) is 0 Å². The van der Waals surface area contributed by atoms with Crippen LogP contribution in [0.3, 0.4) is 0 Å². The van der Waals surface area contributed by atoms with Crippen molar-refractivity contribution in [3.63, 3.8) is 0 Å². The van der Waals surface area contributed by atoms with Gasteiger partial charge in [-0.1, -0.05) is 29.3 Å². The first-order valence-corrected chi connectivity index (χ1v) is 10.5. The molecule has 1 aliphatic rings. The summed E-state index contributed by atoms with van der Waals surface area (Å²) in [5, 5.41) is 1.25. The Balaban J connectivity index is 1.59. The van der Waals surface area contributed by atoms with Crippen molar-refractivity contribution in [2.45, 2.75) is 18.7 Å². The molecule has 0 fully saturated rings. The predicted octanol–water partition coefficient (Wildman–Crippen LogP) is 4.83. The van der Waals surface area contributed by atoms with E-state index >= 15 is 0 Å². The number of thioether (sulfide) groups is 1. The monoisotopic (exact) mass is 425 g/mol. The van der Waals surface area contributed by atoms with E-state index in [1.807, 2.05) is 29.2 Å². The number of benzene rings is 2. The highest BCUT2D eigenvalue weighted by Gasteiger charge is 2.22. The maximum absolute atomic E-state index is 12.6. The Morgan fingerprint density at radius 2 is 1.81 bits per heavy atom. The number of nitrogens with zero attached hydrogens (tertiary/aromatic N) is 1. The quantitative estimate of drug-likeness (QED) is 0.664. The topological polar surface area (TPSA) is 38.8 Å². The third kappa shape index (κ3) is 4.84. The van der Waals surface area contributed by atoms with Gasteiger partial charge in [-0.2, -0.15) is 0 Å². The van der Waals surface area contributed by atoms with Gasteiger partial charge in [-0.15, -0.1) is 11.8 Å². The van der Waals surface area contributed by atoms with Crippen LogP contribution in [0.1, 0.15) is 16.7 Å². The van der Waals surface area contributed by atoms with Crippen molar-refractivity contribution in [2.24, 2.45) is 0 Å². The zero-order valence-electron chi connectivity index (χ0n) is 15.3. The molecule has 0 aliphatic carbocycles. The fourth-order valence-corrected chi connectivity index (χ4v) is 4.56. The Bertz CT molecular complexity index is 844. The highest BCUT2D eigenvalue weighted by atomic mass is 35.5. The van der Waals surface area contributed by atoms with Crippen molar-refractivity contribution >= 4 is 40.9 Å². The molecule has 1 aliphatic heterocycles. The van der Waals surface area contributed by atoms with Gasteiger partial charge in [-0.05, 0) is 47.4 Å². The van der Waals surface area contributed by atoms with Crippen LogP contribution < -0.4 is 9.47 Å². The average molecular weight is 426 g/mol. The third-order valence-corrected chi connectivity index (χ3v) is 6.12. The molecule has 0 spiro atoms. The molecule has 144 valence electrons. The number of carbonyl (C=O) groups is 1. The predicted molar refractivity (Wildman–Crippen MR) is 111 cm³/mol. The van der Waals surface area contributed by atoms with Crippen LogP contribution in [0.15, 0.2) is 30.3 Å². The maximum atomic E-state index is 12.6. The molecule has 3 rings (SSSR count). The van der Waals surface area contributed by atoms with E-state index in [4.69, 9.17) is 32.7 Å². The van der Waals surface area contributed by atoms with Crippen LogP contribution in [0.2, 0.25) is 10.0 Å². The van der Waals surface area contributed by atoms with Crippen molar-refractivity contribution in [3.8, 4) is 11.5 Å². The molecule has 4 nitrogen and oxygen atoms in total. The summed E-state index contributed by atoms with van der Waals surface area (Å²) >= 11 is 13.7. The smallest absolute Gasteiger partial charge is 0.232 e. The molecule has 0 atom stereocenters. The lowest BCUT2D eigenvalue weighted by Crippen LogP contribution is -2.37. The molecule has 27 heavy (non-hydrogen) atoms. The lowest BCUT2D eigenvalue weighted by molar-refractivity contribution is -0.129. The van der Waals surface area contributed by atoms with Gasteiger partial charge in [0, 0.05) is 28.9 Å². The molecule has 0 radical (unpaired) electrons. The first kappa shape index (κ1) is 20.2. The number of halogens is 2. The van der Waals surface area contributed by atoms with Crippen LogP contribution in [-0.2, 0) is 23.5 Å². The van der Waals surface area contributed by atoms with E-state index in [1.54, 1.807) is 32.0 Å². The van der Waals surface area contributed by atoms with E-state index in [1.165, 1.54) is 5.56 Å². The number of fused-ring (bicyclic) bond motifs is 1. The number of amides is 1. The number of hydrogen-bond donors (Lipinski definition) is 0. The van der Waals surface area contributed by atoms with Crippen LogP contribution in [-0.4, -0.2) is 37.3 Å². The summed E-state index contributed by atoms with van der Waals surface area (Å²) in [5.41, 5.74) is 3.30. The van der Waals surface area contributed by atoms with Crippen LogP contribution in [0, 0.1) is 0 Å². The summed E-state index contributed by atoms with van der Waals surface area (Å²) < 4.78 is 10.7. The van der Waals surface area contributed by atoms with Gasteiger partial charge in [0.2, 0.25) is 5.91 Å². The van der Waals surface area contributed by atoms with Crippen molar-refractivity contribution in [3.05, 3.63) is 57.1 Å². The Labute approximate surface area is 173 Å².